The molecule has 0 saturated heterocycles. The molecule has 0 atom stereocenters. The van der Waals surface area contributed by atoms with Crippen LogP contribution in [-0.4, -0.2) is 0 Å². The molecule has 0 N–H and O–H groups in total. The maximum atomic E-state index is 7.81. The second kappa shape index (κ2) is 46.6. The Morgan fingerprint density at radius 2 is 1.25 bits per heavy atom. The topological polar surface area (TPSA) is 45.6 Å². The zero-order valence-corrected chi connectivity index (χ0v) is 3.52. The van der Waals surface area contributed by atoms with Crippen LogP contribution in [0.2, 0.25) is 0 Å². The minimum atomic E-state index is 0. The van der Waals surface area contributed by atoms with E-state index < -0.39 is 0 Å². The summed E-state index contributed by atoms with van der Waals surface area (Å²) in [6.07, 6.45) is 0. The van der Waals surface area contributed by atoms with Gasteiger partial charge in [-0.15, -0.1) is 0 Å². The van der Waals surface area contributed by atoms with Gasteiger partial charge in [0.05, 0.1) is 0 Å². The van der Waals surface area contributed by atoms with E-state index >= 15 is 0 Å². The fourth-order valence-electron chi connectivity index (χ4n) is 0. The second-order valence-electron chi connectivity index (χ2n) is 0. The molecule has 0 unspecified atom stereocenters. The molecule has 0 bridgehead atoms. The van der Waals surface area contributed by atoms with Crippen molar-refractivity contribution in [3.05, 3.63) is 0 Å². The normalized spacial score (nSPS) is 1.50. The molecular weight excluding hydrogens is 151 g/mol. The molecule has 0 saturated carbocycles. The quantitative estimate of drug-likeness (QED) is 0.441. The van der Waals surface area contributed by atoms with Gasteiger partial charge in [0.15, 0.2) is 0 Å². The predicted molar refractivity (Wildman–Crippen MR) is 1.37 cm³/mol. The minimum absolute atomic E-state index is 0. The molecule has 31 valence electrons. The van der Waals surface area contributed by atoms with Gasteiger partial charge >= 0.3 is 36.8 Å². The van der Waals surface area contributed by atoms with Gasteiger partial charge in [-0.3, -0.25) is 0 Å². The van der Waals surface area contributed by atoms with Gasteiger partial charge < -0.3 is 5.48 Å². The van der Waals surface area contributed by atoms with Gasteiger partial charge in [0.1, 0.15) is 0 Å². The average molecular weight is 151 g/mol. The van der Waals surface area contributed by atoms with E-state index in [9.17, 15) is 0 Å². The predicted octanol–water partition coefficient (Wildman–Crippen LogP) is -0.243. The van der Waals surface area contributed by atoms with Gasteiger partial charge in [0.2, 0.25) is 0 Å². The summed E-state index contributed by atoms with van der Waals surface area (Å²) in [7, 11) is 0. The van der Waals surface area contributed by atoms with Gasteiger partial charge in [0.25, 0.3) is 0 Å². The molecule has 0 aromatic heterocycles. The first-order chi connectivity index (χ1) is 1.00. The van der Waals surface area contributed by atoms with Crippen LogP contribution in [0.15, 0.2) is 0 Å². The maximum absolute atomic E-state index is 7.81. The molecule has 4 heavy (non-hydrogen) atoms. The molecule has 0 heterocycles. The monoisotopic (exact) mass is 151 g/mol. The SMILES string of the molecule is [Fe+2].[O-2].[O]=[Cu]. The van der Waals surface area contributed by atoms with Gasteiger partial charge in [-0.25, -0.2) is 0 Å². The Labute approximate surface area is 42.8 Å². The zero-order chi connectivity index (χ0) is 2.00. The van der Waals surface area contributed by atoms with E-state index in [2.05, 4.69) is 15.9 Å². The summed E-state index contributed by atoms with van der Waals surface area (Å²) < 4.78 is 7.81. The van der Waals surface area contributed by atoms with Crippen LogP contribution in [0.1, 0.15) is 0 Å². The van der Waals surface area contributed by atoms with Crippen LogP contribution in [0.4, 0.5) is 0 Å². The molecule has 0 amide bonds. The third-order valence-corrected chi connectivity index (χ3v) is 0. The molecule has 0 spiro atoms. The Kier molecular flexibility index (Phi) is 249. The summed E-state index contributed by atoms with van der Waals surface area (Å²) in [5.41, 5.74) is 0. The summed E-state index contributed by atoms with van der Waals surface area (Å²) in [5.74, 6) is 0. The molecule has 0 aliphatic rings. The molecule has 0 aromatic rings. The van der Waals surface area contributed by atoms with Crippen molar-refractivity contribution >= 4 is 0 Å². The standard InChI is InChI=1S/Cu.Fe.2O/q;+2;;-2. The first-order valence-corrected chi connectivity index (χ1v) is 0.508. The van der Waals surface area contributed by atoms with Crippen LogP contribution in [-0.2, 0) is 42.3 Å². The molecule has 2 nitrogen and oxygen atoms in total. The zero-order valence-electron chi connectivity index (χ0n) is 1.47. The Hall–Kier alpha value is 0.799. The van der Waals surface area contributed by atoms with Gasteiger partial charge in [0, 0.05) is 0 Å². The number of hydrogen-bond acceptors (Lipinski definition) is 1. The van der Waals surface area contributed by atoms with Gasteiger partial charge in [-0.05, 0) is 0 Å². The van der Waals surface area contributed by atoms with Crippen LogP contribution in [0.3, 0.4) is 0 Å². The fraction of sp³-hybridized carbons (Fsp3) is 0. The molecule has 0 radical (unpaired) electrons. The number of hydrogen-bond donors (Lipinski definition) is 0. The third-order valence-electron chi connectivity index (χ3n) is 0. The number of rotatable bonds is 0. The van der Waals surface area contributed by atoms with E-state index in [0.29, 0.717) is 0 Å². The Balaban J connectivity index is -0.00000000500. The van der Waals surface area contributed by atoms with Gasteiger partial charge in [-0.1, -0.05) is 0 Å². The van der Waals surface area contributed by atoms with E-state index in [1.54, 1.807) is 0 Å². The van der Waals surface area contributed by atoms with E-state index in [4.69, 9.17) is 3.83 Å². The molecule has 0 fully saturated rings. The average Bonchev–Trinajstić information content (AvgIpc) is 1.00. The van der Waals surface area contributed by atoms with Crippen molar-refractivity contribution in [2.75, 3.05) is 0 Å². The summed E-state index contributed by atoms with van der Waals surface area (Å²) in [5, 5.41) is 0. The van der Waals surface area contributed by atoms with Crippen molar-refractivity contribution in [3.8, 4) is 0 Å². The first kappa shape index (κ1) is 21.4. The van der Waals surface area contributed by atoms with E-state index in [0.717, 1.165) is 0 Å². The van der Waals surface area contributed by atoms with Crippen molar-refractivity contribution in [2.45, 2.75) is 0 Å². The molecule has 0 aliphatic heterocycles. The summed E-state index contributed by atoms with van der Waals surface area (Å²) in [6.45, 7) is 0. The van der Waals surface area contributed by atoms with Crippen LogP contribution >= 0.6 is 0 Å². The summed E-state index contributed by atoms with van der Waals surface area (Å²) in [6, 6.07) is 0. The summed E-state index contributed by atoms with van der Waals surface area (Å²) in [4.78, 5) is 0. The van der Waals surface area contributed by atoms with E-state index in [-0.39, 0.29) is 22.5 Å². The molecule has 4 heteroatoms. The van der Waals surface area contributed by atoms with Crippen molar-refractivity contribution in [1.29, 1.82) is 0 Å². The van der Waals surface area contributed by atoms with Crippen LogP contribution in [0.5, 0.6) is 0 Å². The Morgan fingerprint density at radius 1 is 1.25 bits per heavy atom. The fourth-order valence-corrected chi connectivity index (χ4v) is 0. The molecule has 0 aliphatic carbocycles. The van der Waals surface area contributed by atoms with Crippen molar-refractivity contribution < 1.29 is 42.3 Å². The van der Waals surface area contributed by atoms with Crippen LogP contribution < -0.4 is 0 Å². The third kappa shape index (κ3) is 14.2. The molecule has 0 aromatic carbocycles. The molecular formula is CuFeO2. The van der Waals surface area contributed by atoms with Crippen LogP contribution in [0, 0.1) is 0 Å². The second-order valence-corrected chi connectivity index (χ2v) is 0. The van der Waals surface area contributed by atoms with Gasteiger partial charge in [-0.2, -0.15) is 0 Å². The van der Waals surface area contributed by atoms with Crippen molar-refractivity contribution in [1.82, 2.24) is 0 Å². The Bertz CT molecular complexity index is 6.00. The first-order valence-electron chi connectivity index (χ1n) is 0.123. The van der Waals surface area contributed by atoms with E-state index in [1.807, 2.05) is 0 Å². The molecule has 0 rings (SSSR count). The van der Waals surface area contributed by atoms with Crippen molar-refractivity contribution in [3.63, 3.8) is 0 Å². The Morgan fingerprint density at radius 3 is 1.25 bits per heavy atom. The van der Waals surface area contributed by atoms with Crippen molar-refractivity contribution in [2.24, 2.45) is 0 Å². The van der Waals surface area contributed by atoms with E-state index in [1.165, 1.54) is 0 Å². The summed E-state index contributed by atoms with van der Waals surface area (Å²) >= 11 is 2.94. The van der Waals surface area contributed by atoms with Crippen LogP contribution in [0.25, 0.3) is 0 Å².